The third-order valence-electron chi connectivity index (χ3n) is 3.38. The molecule has 8 heteroatoms. The first kappa shape index (κ1) is 19.0. The first-order valence-corrected chi connectivity index (χ1v) is 8.26. The van der Waals surface area contributed by atoms with Gasteiger partial charge in [0.2, 0.25) is 0 Å². The Labute approximate surface area is 146 Å². The second kappa shape index (κ2) is 7.69. The molecule has 0 aliphatic heterocycles. The lowest BCUT2D eigenvalue weighted by atomic mass is 10.1. The molecule has 0 atom stereocenters. The van der Waals surface area contributed by atoms with Crippen LogP contribution < -0.4 is 5.32 Å². The van der Waals surface area contributed by atoms with E-state index < -0.39 is 30.2 Å². The van der Waals surface area contributed by atoms with Gasteiger partial charge in [-0.25, -0.2) is 4.79 Å². The Morgan fingerprint density at radius 3 is 2.52 bits per heavy atom. The monoisotopic (exact) mass is 371 g/mol. The minimum absolute atomic E-state index is 0.359. The summed E-state index contributed by atoms with van der Waals surface area (Å²) in [6.45, 7) is 3.16. The molecular weight excluding hydrogens is 355 g/mol. The Hall–Kier alpha value is -2.35. The molecule has 0 saturated heterocycles. The van der Waals surface area contributed by atoms with Crippen LogP contribution in [0.2, 0.25) is 0 Å². The van der Waals surface area contributed by atoms with Crippen molar-refractivity contribution in [3.63, 3.8) is 0 Å². The number of halogens is 3. The molecule has 0 bridgehead atoms. The number of carbonyl (C=O) groups excluding carboxylic acids is 2. The molecule has 0 aliphatic carbocycles. The largest absolute Gasteiger partial charge is 0.451 e. The summed E-state index contributed by atoms with van der Waals surface area (Å²) in [7, 11) is 0. The quantitative estimate of drug-likeness (QED) is 0.791. The van der Waals surface area contributed by atoms with E-state index in [1.54, 1.807) is 6.07 Å². The number of nitrogens with one attached hydrogen (secondary N) is 1. The number of ether oxygens (including phenoxy) is 1. The molecule has 0 spiro atoms. The highest BCUT2D eigenvalue weighted by Crippen LogP contribution is 2.34. The minimum atomic E-state index is -4.59. The number of amides is 1. The van der Waals surface area contributed by atoms with E-state index in [9.17, 15) is 22.8 Å². The molecule has 0 fully saturated rings. The molecule has 1 N–H and O–H groups in total. The Morgan fingerprint density at radius 1 is 1.24 bits per heavy atom. The van der Waals surface area contributed by atoms with Gasteiger partial charge in [0.1, 0.15) is 4.88 Å². The smallest absolute Gasteiger partial charge is 0.418 e. The third kappa shape index (κ3) is 4.82. The number of anilines is 1. The van der Waals surface area contributed by atoms with Crippen LogP contribution in [0.5, 0.6) is 0 Å². The van der Waals surface area contributed by atoms with Crippen LogP contribution in [0.25, 0.3) is 0 Å². The van der Waals surface area contributed by atoms with Gasteiger partial charge in [-0.1, -0.05) is 19.1 Å². The number of para-hydroxylation sites is 1. The molecule has 2 rings (SSSR count). The standard InChI is InChI=1S/C17H16F3NO3S/c1-3-13-10(2)8-14(25-13)16(23)24-9-15(22)21-12-7-5-4-6-11(12)17(18,19)20/h4-8H,3,9H2,1-2H3,(H,21,22). The summed E-state index contributed by atoms with van der Waals surface area (Å²) in [6.07, 6.45) is -3.82. The van der Waals surface area contributed by atoms with Crippen molar-refractivity contribution in [2.24, 2.45) is 0 Å². The number of carbonyl (C=O) groups is 2. The minimum Gasteiger partial charge on any atom is -0.451 e. The summed E-state index contributed by atoms with van der Waals surface area (Å²) in [6, 6.07) is 6.27. The first-order valence-electron chi connectivity index (χ1n) is 7.45. The SMILES string of the molecule is CCc1sc(C(=O)OCC(=O)Nc2ccccc2C(F)(F)F)cc1C. The van der Waals surface area contributed by atoms with Crippen molar-refractivity contribution in [1.82, 2.24) is 0 Å². The highest BCUT2D eigenvalue weighted by molar-refractivity contribution is 7.14. The number of hydrogen-bond donors (Lipinski definition) is 1. The average Bonchev–Trinajstić information content (AvgIpc) is 2.93. The number of benzene rings is 1. The van der Waals surface area contributed by atoms with E-state index in [1.807, 2.05) is 13.8 Å². The van der Waals surface area contributed by atoms with Crippen LogP contribution in [0.1, 0.15) is 32.6 Å². The molecular formula is C17H16F3NO3S. The molecule has 0 aliphatic rings. The van der Waals surface area contributed by atoms with Crippen LogP contribution in [0.15, 0.2) is 30.3 Å². The molecule has 2 aromatic rings. The van der Waals surface area contributed by atoms with Gasteiger partial charge in [0.25, 0.3) is 5.91 Å². The molecule has 25 heavy (non-hydrogen) atoms. The van der Waals surface area contributed by atoms with Crippen molar-refractivity contribution < 1.29 is 27.5 Å². The van der Waals surface area contributed by atoms with Crippen molar-refractivity contribution in [2.45, 2.75) is 26.4 Å². The van der Waals surface area contributed by atoms with E-state index in [-0.39, 0.29) is 5.69 Å². The topological polar surface area (TPSA) is 55.4 Å². The van der Waals surface area contributed by atoms with Gasteiger partial charge in [-0.2, -0.15) is 13.2 Å². The van der Waals surface area contributed by atoms with Gasteiger partial charge in [-0.3, -0.25) is 4.79 Å². The van der Waals surface area contributed by atoms with Crippen molar-refractivity contribution in [1.29, 1.82) is 0 Å². The second-order valence-corrected chi connectivity index (χ2v) is 6.37. The highest BCUT2D eigenvalue weighted by atomic mass is 32.1. The van der Waals surface area contributed by atoms with Crippen LogP contribution in [-0.4, -0.2) is 18.5 Å². The number of thiophene rings is 1. The number of esters is 1. The Balaban J connectivity index is 1.98. The van der Waals surface area contributed by atoms with E-state index >= 15 is 0 Å². The molecule has 4 nitrogen and oxygen atoms in total. The van der Waals surface area contributed by atoms with E-state index in [0.717, 1.165) is 29.0 Å². The molecule has 0 unspecified atom stereocenters. The van der Waals surface area contributed by atoms with Crippen LogP contribution in [-0.2, 0) is 22.1 Å². The Morgan fingerprint density at radius 2 is 1.92 bits per heavy atom. The third-order valence-corrected chi connectivity index (χ3v) is 4.75. The lowest BCUT2D eigenvalue weighted by molar-refractivity contribution is -0.137. The second-order valence-electron chi connectivity index (χ2n) is 5.24. The van der Waals surface area contributed by atoms with Crippen molar-refractivity contribution >= 4 is 28.9 Å². The maximum Gasteiger partial charge on any atom is 0.418 e. The average molecular weight is 371 g/mol. The molecule has 1 aromatic heterocycles. The van der Waals surface area contributed by atoms with Crippen LogP contribution >= 0.6 is 11.3 Å². The zero-order valence-corrected chi connectivity index (χ0v) is 14.4. The maximum absolute atomic E-state index is 12.9. The van der Waals surface area contributed by atoms with Gasteiger partial charge < -0.3 is 10.1 Å². The zero-order valence-electron chi connectivity index (χ0n) is 13.6. The molecule has 0 radical (unpaired) electrons. The van der Waals surface area contributed by atoms with Gasteiger partial charge in [0.05, 0.1) is 11.3 Å². The van der Waals surface area contributed by atoms with Gasteiger partial charge in [-0.15, -0.1) is 11.3 Å². The fraction of sp³-hybridized carbons (Fsp3) is 0.294. The lowest BCUT2D eigenvalue weighted by Gasteiger charge is -2.13. The molecule has 0 saturated carbocycles. The summed E-state index contributed by atoms with van der Waals surface area (Å²) in [4.78, 5) is 25.1. The first-order chi connectivity index (χ1) is 11.7. The zero-order chi connectivity index (χ0) is 18.6. The van der Waals surface area contributed by atoms with E-state index in [1.165, 1.54) is 23.5 Å². The van der Waals surface area contributed by atoms with Crippen molar-refractivity contribution in [3.05, 3.63) is 51.2 Å². The van der Waals surface area contributed by atoms with Crippen LogP contribution in [0.3, 0.4) is 0 Å². The van der Waals surface area contributed by atoms with Crippen LogP contribution in [0.4, 0.5) is 18.9 Å². The molecule has 134 valence electrons. The number of aryl methyl sites for hydroxylation is 2. The Kier molecular flexibility index (Phi) is 5.84. The lowest BCUT2D eigenvalue weighted by Crippen LogP contribution is -2.22. The summed E-state index contributed by atoms with van der Waals surface area (Å²) < 4.78 is 43.5. The van der Waals surface area contributed by atoms with Crippen molar-refractivity contribution in [3.8, 4) is 0 Å². The van der Waals surface area contributed by atoms with E-state index in [0.29, 0.717) is 4.88 Å². The van der Waals surface area contributed by atoms with Gasteiger partial charge >= 0.3 is 12.1 Å². The predicted molar refractivity (Wildman–Crippen MR) is 88.8 cm³/mol. The van der Waals surface area contributed by atoms with Gasteiger partial charge in [0, 0.05) is 4.88 Å². The van der Waals surface area contributed by atoms with E-state index in [4.69, 9.17) is 4.74 Å². The van der Waals surface area contributed by atoms with Crippen LogP contribution in [0, 0.1) is 6.92 Å². The summed E-state index contributed by atoms with van der Waals surface area (Å²) in [5, 5.41) is 2.12. The Bertz CT molecular complexity index is 784. The fourth-order valence-corrected chi connectivity index (χ4v) is 3.21. The van der Waals surface area contributed by atoms with Gasteiger partial charge in [0.15, 0.2) is 6.61 Å². The predicted octanol–water partition coefficient (Wildman–Crippen LogP) is 4.43. The van der Waals surface area contributed by atoms with E-state index in [2.05, 4.69) is 5.32 Å². The summed E-state index contributed by atoms with van der Waals surface area (Å²) in [5.74, 6) is -1.51. The molecule has 1 amide bonds. The fourth-order valence-electron chi connectivity index (χ4n) is 2.20. The number of rotatable bonds is 5. The number of alkyl halides is 3. The van der Waals surface area contributed by atoms with Crippen molar-refractivity contribution in [2.75, 3.05) is 11.9 Å². The van der Waals surface area contributed by atoms with Gasteiger partial charge in [-0.05, 0) is 37.1 Å². The molecule has 1 heterocycles. The number of hydrogen-bond acceptors (Lipinski definition) is 4. The summed E-state index contributed by atoms with van der Waals surface area (Å²) >= 11 is 1.27. The molecule has 1 aromatic carbocycles. The normalized spacial score (nSPS) is 11.2. The summed E-state index contributed by atoms with van der Waals surface area (Å²) in [5.41, 5.74) is -0.379. The maximum atomic E-state index is 12.9. The highest BCUT2D eigenvalue weighted by Gasteiger charge is 2.33.